The molecule has 1 amide bonds. The van der Waals surface area contributed by atoms with E-state index in [-0.39, 0.29) is 5.54 Å². The van der Waals surface area contributed by atoms with Crippen LogP contribution in [-0.4, -0.2) is 53.1 Å². The maximum Gasteiger partial charge on any atom is 0.244 e. The molecule has 0 bridgehead atoms. The number of rotatable bonds is 3. The van der Waals surface area contributed by atoms with Gasteiger partial charge in [-0.05, 0) is 46.1 Å². The number of likely N-dealkylation sites (tertiary alicyclic amines) is 1. The summed E-state index contributed by atoms with van der Waals surface area (Å²) in [5.41, 5.74) is -0.146. The molecule has 0 aromatic rings. The van der Waals surface area contributed by atoms with Crippen LogP contribution in [0.3, 0.4) is 0 Å². The molecule has 1 aliphatic carbocycles. The Morgan fingerprint density at radius 2 is 2.16 bits per heavy atom. The van der Waals surface area contributed by atoms with Crippen molar-refractivity contribution in [3.63, 3.8) is 0 Å². The Hall–Kier alpha value is -0.610. The molecule has 2 saturated heterocycles. The van der Waals surface area contributed by atoms with Gasteiger partial charge in [0.2, 0.25) is 5.91 Å². The highest BCUT2D eigenvalue weighted by molar-refractivity contribution is 5.92. The molecule has 3 unspecified atom stereocenters. The topological polar surface area (TPSA) is 35.6 Å². The van der Waals surface area contributed by atoms with Crippen LogP contribution in [0.25, 0.3) is 0 Å². The molecule has 108 valence electrons. The first-order valence-electron chi connectivity index (χ1n) is 7.88. The lowest BCUT2D eigenvalue weighted by Crippen LogP contribution is -2.51. The molecule has 0 radical (unpaired) electrons. The maximum absolute atomic E-state index is 12.7. The van der Waals surface area contributed by atoms with Crippen LogP contribution in [0.2, 0.25) is 0 Å². The van der Waals surface area contributed by atoms with E-state index in [0.717, 1.165) is 45.1 Å². The zero-order valence-corrected chi connectivity index (χ0v) is 12.5. The van der Waals surface area contributed by atoms with E-state index in [1.54, 1.807) is 0 Å². The zero-order valence-electron chi connectivity index (χ0n) is 12.5. The third kappa shape index (κ3) is 2.19. The van der Waals surface area contributed by atoms with Crippen molar-refractivity contribution in [2.24, 2.45) is 0 Å². The molecule has 0 aromatic carbocycles. The van der Waals surface area contributed by atoms with Gasteiger partial charge in [-0.15, -0.1) is 0 Å². The molecule has 4 heteroatoms. The van der Waals surface area contributed by atoms with E-state index in [4.69, 9.17) is 0 Å². The van der Waals surface area contributed by atoms with E-state index in [2.05, 4.69) is 36.0 Å². The van der Waals surface area contributed by atoms with Crippen LogP contribution in [0.15, 0.2) is 0 Å². The van der Waals surface area contributed by atoms with Crippen molar-refractivity contribution in [1.29, 1.82) is 0 Å². The van der Waals surface area contributed by atoms with Gasteiger partial charge in [-0.25, -0.2) is 0 Å². The fraction of sp³-hybridized carbons (Fsp3) is 0.933. The van der Waals surface area contributed by atoms with Crippen LogP contribution in [0.5, 0.6) is 0 Å². The van der Waals surface area contributed by atoms with Crippen LogP contribution in [0.4, 0.5) is 0 Å². The number of nitrogens with zero attached hydrogens (tertiary/aromatic N) is 2. The van der Waals surface area contributed by atoms with Gasteiger partial charge in [-0.1, -0.05) is 13.3 Å². The summed E-state index contributed by atoms with van der Waals surface area (Å²) < 4.78 is 0. The molecule has 3 aliphatic rings. The predicted octanol–water partition coefficient (Wildman–Crippen LogP) is 1.56. The van der Waals surface area contributed by atoms with E-state index in [1.807, 2.05) is 0 Å². The smallest absolute Gasteiger partial charge is 0.244 e. The standard InChI is InChI=1S/C15H27N3O/c1-4-5-13-16-15(7-8-15)14(19)18(13)12-6-9-17(3)11(2)10-12/h11-13,16H,4-10H2,1-3H3. The molecule has 2 heterocycles. The number of carbonyl (C=O) groups excluding carboxylic acids is 1. The Balaban J connectivity index is 1.75. The summed E-state index contributed by atoms with van der Waals surface area (Å²) in [6, 6.07) is 1.03. The van der Waals surface area contributed by atoms with Crippen molar-refractivity contribution in [3.8, 4) is 0 Å². The number of carbonyl (C=O) groups is 1. The third-order valence-corrected chi connectivity index (χ3v) is 5.31. The summed E-state index contributed by atoms with van der Waals surface area (Å²) in [5, 5.41) is 3.63. The summed E-state index contributed by atoms with van der Waals surface area (Å²) >= 11 is 0. The molecule has 3 rings (SSSR count). The second-order valence-electron chi connectivity index (χ2n) is 6.75. The van der Waals surface area contributed by atoms with Crippen molar-refractivity contribution < 1.29 is 4.79 Å². The van der Waals surface area contributed by atoms with E-state index in [0.29, 0.717) is 24.2 Å². The SMILES string of the molecule is CCCC1NC2(CC2)C(=O)N1C1CCN(C)C(C)C1. The molecule has 1 N–H and O–H groups in total. The molecule has 1 saturated carbocycles. The van der Waals surface area contributed by atoms with E-state index >= 15 is 0 Å². The van der Waals surface area contributed by atoms with Crippen LogP contribution in [-0.2, 0) is 4.79 Å². The minimum Gasteiger partial charge on any atom is -0.322 e. The molecule has 1 spiro atoms. The average Bonchev–Trinajstić information content (AvgIpc) is 3.09. The summed E-state index contributed by atoms with van der Waals surface area (Å²) in [5.74, 6) is 0.396. The number of piperidine rings is 1. The van der Waals surface area contributed by atoms with Crippen molar-refractivity contribution >= 4 is 5.91 Å². The molecule has 4 nitrogen and oxygen atoms in total. The van der Waals surface area contributed by atoms with Gasteiger partial charge in [0.1, 0.15) is 0 Å². The van der Waals surface area contributed by atoms with E-state index < -0.39 is 0 Å². The van der Waals surface area contributed by atoms with Gasteiger partial charge in [0.05, 0.1) is 11.7 Å². The highest BCUT2D eigenvalue weighted by Crippen LogP contribution is 2.44. The van der Waals surface area contributed by atoms with Gasteiger partial charge in [-0.2, -0.15) is 0 Å². The van der Waals surface area contributed by atoms with Crippen LogP contribution in [0, 0.1) is 0 Å². The van der Waals surface area contributed by atoms with Gasteiger partial charge in [-0.3, -0.25) is 10.1 Å². The lowest BCUT2D eigenvalue weighted by Gasteiger charge is -2.41. The molecule has 3 atom stereocenters. The van der Waals surface area contributed by atoms with E-state index in [9.17, 15) is 4.79 Å². The quantitative estimate of drug-likeness (QED) is 0.841. The maximum atomic E-state index is 12.7. The van der Waals surface area contributed by atoms with Gasteiger partial charge in [0, 0.05) is 18.6 Å². The normalized spacial score (nSPS) is 38.2. The number of hydrogen-bond donors (Lipinski definition) is 1. The number of hydrogen-bond acceptors (Lipinski definition) is 3. The molecule has 3 fully saturated rings. The minimum absolute atomic E-state index is 0.146. The van der Waals surface area contributed by atoms with Crippen LogP contribution in [0.1, 0.15) is 52.4 Å². The molecular formula is C15H27N3O. The first kappa shape index (κ1) is 13.4. The van der Waals surface area contributed by atoms with Gasteiger partial charge in [0.15, 0.2) is 0 Å². The molecule has 19 heavy (non-hydrogen) atoms. The summed E-state index contributed by atoms with van der Waals surface area (Å²) in [7, 11) is 2.19. The Morgan fingerprint density at radius 3 is 2.74 bits per heavy atom. The average molecular weight is 265 g/mol. The molecular weight excluding hydrogens is 238 g/mol. The Bertz CT molecular complexity index is 366. The van der Waals surface area contributed by atoms with Crippen molar-refractivity contribution in [2.75, 3.05) is 13.6 Å². The summed E-state index contributed by atoms with van der Waals surface area (Å²) in [6.45, 7) is 5.60. The first-order chi connectivity index (χ1) is 9.07. The van der Waals surface area contributed by atoms with Crippen molar-refractivity contribution in [1.82, 2.24) is 15.1 Å². The number of nitrogens with one attached hydrogen (secondary N) is 1. The highest BCUT2D eigenvalue weighted by atomic mass is 16.2. The third-order valence-electron chi connectivity index (χ3n) is 5.31. The fourth-order valence-corrected chi connectivity index (χ4v) is 3.74. The van der Waals surface area contributed by atoms with Crippen molar-refractivity contribution in [2.45, 2.75) is 76.2 Å². The fourth-order valence-electron chi connectivity index (χ4n) is 3.74. The van der Waals surface area contributed by atoms with Crippen LogP contribution < -0.4 is 5.32 Å². The second kappa shape index (κ2) is 4.74. The lowest BCUT2D eigenvalue weighted by atomic mass is 9.96. The predicted molar refractivity (Wildman–Crippen MR) is 75.8 cm³/mol. The molecule has 0 aromatic heterocycles. The Kier molecular flexibility index (Phi) is 3.34. The first-order valence-corrected chi connectivity index (χ1v) is 7.88. The van der Waals surface area contributed by atoms with Gasteiger partial charge < -0.3 is 9.80 Å². The zero-order chi connectivity index (χ0) is 13.6. The minimum atomic E-state index is -0.146. The highest BCUT2D eigenvalue weighted by Gasteiger charge is 2.60. The number of amides is 1. The largest absolute Gasteiger partial charge is 0.322 e. The Labute approximate surface area is 116 Å². The summed E-state index contributed by atoms with van der Waals surface area (Å²) in [6.07, 6.45) is 6.87. The van der Waals surface area contributed by atoms with Crippen LogP contribution >= 0.6 is 0 Å². The van der Waals surface area contributed by atoms with Gasteiger partial charge in [0.25, 0.3) is 0 Å². The van der Waals surface area contributed by atoms with Gasteiger partial charge >= 0.3 is 0 Å². The van der Waals surface area contributed by atoms with E-state index in [1.165, 1.54) is 0 Å². The lowest BCUT2D eigenvalue weighted by molar-refractivity contribution is -0.134. The molecule has 2 aliphatic heterocycles. The Morgan fingerprint density at radius 1 is 1.42 bits per heavy atom. The van der Waals surface area contributed by atoms with Crippen molar-refractivity contribution in [3.05, 3.63) is 0 Å². The second-order valence-corrected chi connectivity index (χ2v) is 6.75. The summed E-state index contributed by atoms with van der Waals surface area (Å²) in [4.78, 5) is 17.3. The monoisotopic (exact) mass is 265 g/mol.